The van der Waals surface area contributed by atoms with E-state index in [1.54, 1.807) is 0 Å². The van der Waals surface area contributed by atoms with Crippen LogP contribution >= 0.6 is 15.9 Å². The summed E-state index contributed by atoms with van der Waals surface area (Å²) in [5, 5.41) is 3.27. The summed E-state index contributed by atoms with van der Waals surface area (Å²) in [6, 6.07) is 0. The van der Waals surface area contributed by atoms with Crippen LogP contribution in [-0.4, -0.2) is 17.3 Å². The van der Waals surface area contributed by atoms with Crippen molar-refractivity contribution in [2.45, 2.75) is 56.2 Å². The van der Waals surface area contributed by atoms with E-state index in [0.29, 0.717) is 10.7 Å². The van der Waals surface area contributed by atoms with Gasteiger partial charge in [0, 0.05) is 16.8 Å². The van der Waals surface area contributed by atoms with Crippen molar-refractivity contribution in [3.8, 4) is 0 Å². The fourth-order valence-electron chi connectivity index (χ4n) is 5.39. The normalized spacial score (nSPS) is 45.2. The number of carbonyl (C=O) groups is 1. The van der Waals surface area contributed by atoms with Crippen LogP contribution in [0.25, 0.3) is 0 Å². The van der Waals surface area contributed by atoms with Crippen LogP contribution in [0, 0.1) is 29.1 Å². The van der Waals surface area contributed by atoms with E-state index in [4.69, 9.17) is 0 Å². The van der Waals surface area contributed by atoms with Crippen LogP contribution in [0.2, 0.25) is 0 Å². The highest BCUT2D eigenvalue weighted by Gasteiger charge is 2.54. The standard InChI is InChI=1S/C16H24BrNO/c17-14(13-1-2-13)9-18-15(19)16-6-10-3-11(7-16)5-12(4-10)8-16/h10-14H,1-9H2,(H,18,19). The molecule has 1 atom stereocenters. The molecule has 19 heavy (non-hydrogen) atoms. The van der Waals surface area contributed by atoms with Gasteiger partial charge < -0.3 is 5.32 Å². The Labute approximate surface area is 124 Å². The van der Waals surface area contributed by atoms with Gasteiger partial charge in [0.15, 0.2) is 0 Å². The first-order valence-electron chi connectivity index (χ1n) is 8.07. The molecule has 0 aliphatic heterocycles. The van der Waals surface area contributed by atoms with E-state index >= 15 is 0 Å². The maximum Gasteiger partial charge on any atom is 0.226 e. The molecule has 0 saturated heterocycles. The Kier molecular flexibility index (Phi) is 2.98. The van der Waals surface area contributed by atoms with E-state index in [0.717, 1.165) is 30.2 Å². The number of nitrogens with one attached hydrogen (secondary N) is 1. The molecule has 5 aliphatic rings. The molecular formula is C16H24BrNO. The summed E-state index contributed by atoms with van der Waals surface area (Å²) in [6.45, 7) is 0.839. The van der Waals surface area contributed by atoms with E-state index in [9.17, 15) is 4.79 Å². The largest absolute Gasteiger partial charge is 0.354 e. The molecule has 4 bridgehead atoms. The minimum Gasteiger partial charge on any atom is -0.354 e. The van der Waals surface area contributed by atoms with Gasteiger partial charge in [-0.05, 0) is 75.0 Å². The van der Waals surface area contributed by atoms with Crippen molar-refractivity contribution in [1.29, 1.82) is 0 Å². The lowest BCUT2D eigenvalue weighted by atomic mass is 9.49. The summed E-state index contributed by atoms with van der Waals surface area (Å²) in [4.78, 5) is 13.2. The Hall–Kier alpha value is -0.0500. The second kappa shape index (κ2) is 4.47. The first-order chi connectivity index (χ1) is 9.14. The van der Waals surface area contributed by atoms with Gasteiger partial charge in [0.2, 0.25) is 5.91 Å². The second-order valence-corrected chi connectivity index (χ2v) is 8.94. The lowest BCUT2D eigenvalue weighted by molar-refractivity contribution is -0.146. The number of amides is 1. The monoisotopic (exact) mass is 325 g/mol. The first-order valence-corrected chi connectivity index (χ1v) is 8.98. The van der Waals surface area contributed by atoms with Crippen molar-refractivity contribution < 1.29 is 4.79 Å². The van der Waals surface area contributed by atoms with E-state index in [2.05, 4.69) is 21.2 Å². The van der Waals surface area contributed by atoms with Crippen LogP contribution in [0.5, 0.6) is 0 Å². The third kappa shape index (κ3) is 2.26. The molecule has 0 aromatic carbocycles. The number of hydrogen-bond acceptors (Lipinski definition) is 1. The number of rotatable bonds is 4. The van der Waals surface area contributed by atoms with Crippen molar-refractivity contribution in [2.75, 3.05) is 6.54 Å². The molecule has 5 aliphatic carbocycles. The van der Waals surface area contributed by atoms with Gasteiger partial charge in [0.25, 0.3) is 0 Å². The maximum atomic E-state index is 12.7. The van der Waals surface area contributed by atoms with Crippen molar-refractivity contribution in [2.24, 2.45) is 29.1 Å². The zero-order valence-corrected chi connectivity index (χ0v) is 13.1. The van der Waals surface area contributed by atoms with Crippen LogP contribution in [0.1, 0.15) is 51.4 Å². The lowest BCUT2D eigenvalue weighted by Gasteiger charge is -2.55. The average molecular weight is 326 g/mol. The third-order valence-corrected chi connectivity index (χ3v) is 7.18. The number of hydrogen-bond donors (Lipinski definition) is 1. The second-order valence-electron chi connectivity index (χ2n) is 7.76. The van der Waals surface area contributed by atoms with Crippen molar-refractivity contribution in [1.82, 2.24) is 5.32 Å². The summed E-state index contributed by atoms with van der Waals surface area (Å²) in [7, 11) is 0. The molecule has 2 nitrogen and oxygen atoms in total. The summed E-state index contributed by atoms with van der Waals surface area (Å²) in [5.74, 6) is 3.79. The van der Waals surface area contributed by atoms with Gasteiger partial charge >= 0.3 is 0 Å². The molecule has 0 heterocycles. The van der Waals surface area contributed by atoms with Gasteiger partial charge in [0.1, 0.15) is 0 Å². The predicted molar refractivity (Wildman–Crippen MR) is 79.1 cm³/mol. The van der Waals surface area contributed by atoms with E-state index in [1.165, 1.54) is 51.4 Å². The average Bonchev–Trinajstić information content (AvgIpc) is 3.18. The molecule has 3 heteroatoms. The smallest absolute Gasteiger partial charge is 0.226 e. The predicted octanol–water partition coefficient (Wildman–Crippen LogP) is 3.49. The molecule has 0 aromatic rings. The topological polar surface area (TPSA) is 29.1 Å². The third-order valence-electron chi connectivity index (χ3n) is 6.11. The summed E-state index contributed by atoms with van der Waals surface area (Å²) < 4.78 is 0. The van der Waals surface area contributed by atoms with E-state index < -0.39 is 0 Å². The molecule has 1 unspecified atom stereocenters. The van der Waals surface area contributed by atoms with Gasteiger partial charge in [0.05, 0.1) is 0 Å². The molecule has 106 valence electrons. The van der Waals surface area contributed by atoms with Crippen LogP contribution in [0.4, 0.5) is 0 Å². The van der Waals surface area contributed by atoms with Crippen LogP contribution < -0.4 is 5.32 Å². The highest BCUT2D eigenvalue weighted by atomic mass is 79.9. The number of halogens is 1. The highest BCUT2D eigenvalue weighted by molar-refractivity contribution is 9.09. The fraction of sp³-hybridized carbons (Fsp3) is 0.938. The molecule has 5 saturated carbocycles. The Morgan fingerprint density at radius 2 is 1.63 bits per heavy atom. The van der Waals surface area contributed by atoms with Crippen LogP contribution in [-0.2, 0) is 4.79 Å². The minimum atomic E-state index is 0.0328. The first kappa shape index (κ1) is 12.7. The van der Waals surface area contributed by atoms with Gasteiger partial charge in [-0.1, -0.05) is 15.9 Å². The Morgan fingerprint density at radius 1 is 1.11 bits per heavy atom. The molecule has 1 amide bonds. The van der Waals surface area contributed by atoms with Crippen molar-refractivity contribution in [3.63, 3.8) is 0 Å². The molecule has 0 radical (unpaired) electrons. The molecule has 0 spiro atoms. The molecule has 1 N–H and O–H groups in total. The minimum absolute atomic E-state index is 0.0328. The summed E-state index contributed by atoms with van der Waals surface area (Å²) >= 11 is 3.73. The molecule has 0 aromatic heterocycles. The van der Waals surface area contributed by atoms with E-state index in [-0.39, 0.29) is 5.41 Å². The number of alkyl halides is 1. The molecular weight excluding hydrogens is 302 g/mol. The maximum absolute atomic E-state index is 12.7. The quantitative estimate of drug-likeness (QED) is 0.787. The Balaban J connectivity index is 1.41. The van der Waals surface area contributed by atoms with Gasteiger partial charge in [-0.2, -0.15) is 0 Å². The summed E-state index contributed by atoms with van der Waals surface area (Å²) in [5.41, 5.74) is 0.0328. The zero-order valence-electron chi connectivity index (χ0n) is 11.5. The molecule has 5 rings (SSSR count). The van der Waals surface area contributed by atoms with Crippen molar-refractivity contribution >= 4 is 21.8 Å². The van der Waals surface area contributed by atoms with Gasteiger partial charge in [-0.3, -0.25) is 4.79 Å². The van der Waals surface area contributed by atoms with Crippen LogP contribution in [0.15, 0.2) is 0 Å². The molecule has 5 fully saturated rings. The lowest BCUT2D eigenvalue weighted by Crippen LogP contribution is -2.54. The Bertz CT molecular complexity index is 355. The zero-order chi connectivity index (χ0) is 13.0. The van der Waals surface area contributed by atoms with Gasteiger partial charge in [-0.15, -0.1) is 0 Å². The summed E-state index contributed by atoms with van der Waals surface area (Å²) in [6.07, 6.45) is 10.5. The van der Waals surface area contributed by atoms with Crippen LogP contribution in [0.3, 0.4) is 0 Å². The fourth-order valence-corrected chi connectivity index (χ4v) is 6.08. The number of carbonyl (C=O) groups excluding carboxylic acids is 1. The van der Waals surface area contributed by atoms with Gasteiger partial charge in [-0.25, -0.2) is 0 Å². The van der Waals surface area contributed by atoms with E-state index in [1.807, 2.05) is 0 Å². The van der Waals surface area contributed by atoms with Crippen molar-refractivity contribution in [3.05, 3.63) is 0 Å². The SMILES string of the molecule is O=C(NCC(Br)C1CC1)C12CC3CC(CC(C3)C1)C2. The highest BCUT2D eigenvalue weighted by Crippen LogP contribution is 2.60. The Morgan fingerprint density at radius 3 is 2.11 bits per heavy atom.